The zero-order valence-electron chi connectivity index (χ0n) is 15.9. The minimum Gasteiger partial charge on any atom is -0.455 e. The zero-order chi connectivity index (χ0) is 21.5. The maximum atomic E-state index is 13.3. The van der Waals surface area contributed by atoms with Gasteiger partial charge in [-0.05, 0) is 54.1 Å². The van der Waals surface area contributed by atoms with Gasteiger partial charge in [-0.2, -0.15) is 0 Å². The van der Waals surface area contributed by atoms with E-state index in [4.69, 9.17) is 9.56 Å². The number of hydrogen-bond donors (Lipinski definition) is 1. The highest BCUT2D eigenvalue weighted by atomic mass is 32.2. The largest absolute Gasteiger partial charge is 0.455 e. The summed E-state index contributed by atoms with van der Waals surface area (Å²) in [7, 11) is -4.99. The summed E-state index contributed by atoms with van der Waals surface area (Å²) < 4.78 is 40.9. The fourth-order valence-electron chi connectivity index (χ4n) is 3.22. The molecule has 8 heteroatoms. The molecule has 2 N–H and O–H groups in total. The van der Waals surface area contributed by atoms with E-state index < -0.39 is 20.8 Å². The number of para-hydroxylation sites is 1. The molecule has 0 amide bonds. The fourth-order valence-corrected chi connectivity index (χ4v) is 4.25. The Balaban J connectivity index is 1.99. The smallest absolute Gasteiger partial charge is 0.238 e. The van der Waals surface area contributed by atoms with Crippen LogP contribution in [0.25, 0.3) is 33.4 Å². The highest BCUT2D eigenvalue weighted by Crippen LogP contribution is 2.33. The maximum Gasteiger partial charge on any atom is 0.238 e. The van der Waals surface area contributed by atoms with Gasteiger partial charge in [0, 0.05) is 27.5 Å². The molecule has 4 rings (SSSR count). The van der Waals surface area contributed by atoms with Crippen LogP contribution in [0, 0.1) is 0 Å². The van der Waals surface area contributed by atoms with Crippen molar-refractivity contribution >= 4 is 31.8 Å². The quantitative estimate of drug-likeness (QED) is 0.524. The molecule has 4 aromatic rings. The third-order valence-corrected chi connectivity index (χ3v) is 6.58. The number of sulfonamides is 1. The summed E-state index contributed by atoms with van der Waals surface area (Å²) in [4.78, 5) is 13.9. The van der Waals surface area contributed by atoms with Crippen LogP contribution in [-0.2, 0) is 20.8 Å². The molecule has 0 saturated heterocycles. The summed E-state index contributed by atoms with van der Waals surface area (Å²) >= 11 is 0. The molecule has 6 nitrogen and oxygen atoms in total. The van der Waals surface area contributed by atoms with Gasteiger partial charge < -0.3 is 4.42 Å². The van der Waals surface area contributed by atoms with Crippen LogP contribution in [0.4, 0.5) is 0 Å². The summed E-state index contributed by atoms with van der Waals surface area (Å²) in [5.74, 6) is 0.310. The highest BCUT2D eigenvalue weighted by Gasteiger charge is 2.19. The number of fused-ring (bicyclic) bond motifs is 1. The molecule has 1 heterocycles. The van der Waals surface area contributed by atoms with Gasteiger partial charge in [-0.15, -0.1) is 0 Å². The van der Waals surface area contributed by atoms with Crippen LogP contribution in [0.2, 0.25) is 0 Å². The molecule has 152 valence electrons. The second-order valence-electron chi connectivity index (χ2n) is 6.68. The molecule has 0 spiro atoms. The molecular weight excluding hydrogens is 422 g/mol. The molecule has 0 aliphatic carbocycles. The predicted octanol–water partition coefficient (Wildman–Crippen LogP) is 3.51. The van der Waals surface area contributed by atoms with Crippen molar-refractivity contribution in [2.24, 2.45) is 5.14 Å². The van der Waals surface area contributed by atoms with E-state index in [-0.39, 0.29) is 10.3 Å². The van der Waals surface area contributed by atoms with Crippen LogP contribution in [0.1, 0.15) is 0 Å². The molecule has 0 radical (unpaired) electrons. The van der Waals surface area contributed by atoms with Gasteiger partial charge in [-0.3, -0.25) is 9.00 Å². The van der Waals surface area contributed by atoms with Gasteiger partial charge in [0.05, 0.1) is 15.8 Å². The van der Waals surface area contributed by atoms with Gasteiger partial charge >= 0.3 is 0 Å². The number of benzene rings is 3. The van der Waals surface area contributed by atoms with Gasteiger partial charge in [0.2, 0.25) is 15.5 Å². The minimum absolute atomic E-state index is 0.0364. The summed E-state index contributed by atoms with van der Waals surface area (Å²) in [6, 6.07) is 19.6. The number of hydrogen-bond acceptors (Lipinski definition) is 5. The van der Waals surface area contributed by atoms with E-state index in [9.17, 15) is 17.4 Å². The molecule has 0 aliphatic heterocycles. The molecule has 30 heavy (non-hydrogen) atoms. The number of rotatable bonds is 4. The van der Waals surface area contributed by atoms with Crippen LogP contribution in [-0.4, -0.2) is 18.9 Å². The number of primary sulfonamides is 1. The Labute approximate surface area is 175 Å². The summed E-state index contributed by atoms with van der Waals surface area (Å²) in [5.41, 5.74) is 1.68. The van der Waals surface area contributed by atoms with Gasteiger partial charge in [0.1, 0.15) is 11.3 Å². The minimum atomic E-state index is -3.84. The topological polar surface area (TPSA) is 107 Å². The van der Waals surface area contributed by atoms with E-state index >= 15 is 0 Å². The Kier molecular flexibility index (Phi) is 5.15. The summed E-state index contributed by atoms with van der Waals surface area (Å²) in [6.45, 7) is 0. The van der Waals surface area contributed by atoms with Crippen molar-refractivity contribution in [3.05, 3.63) is 83.0 Å². The van der Waals surface area contributed by atoms with Crippen molar-refractivity contribution in [1.29, 1.82) is 0 Å². The molecule has 1 unspecified atom stereocenters. The first kappa shape index (κ1) is 20.2. The van der Waals surface area contributed by atoms with Crippen molar-refractivity contribution in [3.63, 3.8) is 0 Å². The molecule has 0 saturated carbocycles. The van der Waals surface area contributed by atoms with Crippen LogP contribution < -0.4 is 10.6 Å². The maximum absolute atomic E-state index is 13.3. The lowest BCUT2D eigenvalue weighted by Crippen LogP contribution is -2.12. The third kappa shape index (κ3) is 3.72. The molecular formula is C22H17NO5S2. The average molecular weight is 440 g/mol. The van der Waals surface area contributed by atoms with Crippen LogP contribution in [0.5, 0.6) is 0 Å². The van der Waals surface area contributed by atoms with E-state index in [2.05, 4.69) is 0 Å². The first-order chi connectivity index (χ1) is 14.3. The molecule has 1 aromatic heterocycles. The Morgan fingerprint density at radius 2 is 1.47 bits per heavy atom. The normalized spacial score (nSPS) is 12.7. The van der Waals surface area contributed by atoms with Crippen LogP contribution in [0.15, 0.2) is 91.8 Å². The molecule has 0 fully saturated rings. The van der Waals surface area contributed by atoms with Crippen molar-refractivity contribution in [2.75, 3.05) is 6.26 Å². The zero-order valence-corrected chi connectivity index (χ0v) is 17.5. The van der Waals surface area contributed by atoms with Crippen molar-refractivity contribution in [2.45, 2.75) is 9.79 Å². The average Bonchev–Trinajstić information content (AvgIpc) is 2.73. The Bertz CT molecular complexity index is 1440. The van der Waals surface area contributed by atoms with E-state index in [1.807, 2.05) is 0 Å². The second kappa shape index (κ2) is 7.64. The first-order valence-corrected chi connectivity index (χ1v) is 12.0. The summed E-state index contributed by atoms with van der Waals surface area (Å²) in [5, 5.41) is 5.61. The van der Waals surface area contributed by atoms with Gasteiger partial charge in [-0.25, -0.2) is 13.6 Å². The SMILES string of the molecule is CS(=O)c1ccc(-c2c(-c3ccc(S(N)(=O)=O)cc3)oc3ccccc3c2=O)cc1. The van der Waals surface area contributed by atoms with Gasteiger partial charge in [-0.1, -0.05) is 24.3 Å². The van der Waals surface area contributed by atoms with Crippen LogP contribution >= 0.6 is 0 Å². The lowest BCUT2D eigenvalue weighted by molar-refractivity contribution is 0.597. The third-order valence-electron chi connectivity index (χ3n) is 4.72. The van der Waals surface area contributed by atoms with E-state index in [0.29, 0.717) is 38.3 Å². The lowest BCUT2D eigenvalue weighted by Gasteiger charge is -2.11. The standard InChI is InChI=1S/C22H17NO5S2/c1-29(25)16-10-6-14(7-11-16)20-21(24)18-4-2-3-5-19(18)28-22(20)15-8-12-17(13-9-15)30(23,26)27/h2-13H,1H3,(H2,23,26,27). The van der Waals surface area contributed by atoms with Crippen LogP contribution in [0.3, 0.4) is 0 Å². The lowest BCUT2D eigenvalue weighted by atomic mass is 9.98. The monoisotopic (exact) mass is 439 g/mol. The predicted molar refractivity (Wildman–Crippen MR) is 117 cm³/mol. The van der Waals surface area contributed by atoms with Crippen molar-refractivity contribution < 1.29 is 17.0 Å². The highest BCUT2D eigenvalue weighted by molar-refractivity contribution is 7.89. The molecule has 0 aliphatic rings. The van der Waals surface area contributed by atoms with Crippen molar-refractivity contribution in [1.82, 2.24) is 0 Å². The van der Waals surface area contributed by atoms with Gasteiger partial charge in [0.15, 0.2) is 0 Å². The molecule has 3 aromatic carbocycles. The van der Waals surface area contributed by atoms with E-state index in [0.717, 1.165) is 0 Å². The number of nitrogens with two attached hydrogens (primary N) is 1. The Morgan fingerprint density at radius 1 is 0.867 bits per heavy atom. The van der Waals surface area contributed by atoms with Gasteiger partial charge in [0.25, 0.3) is 0 Å². The second-order valence-corrected chi connectivity index (χ2v) is 9.62. The van der Waals surface area contributed by atoms with Crippen molar-refractivity contribution in [3.8, 4) is 22.5 Å². The first-order valence-electron chi connectivity index (χ1n) is 8.88. The Morgan fingerprint density at radius 3 is 2.07 bits per heavy atom. The molecule has 1 atom stereocenters. The van der Waals surface area contributed by atoms with E-state index in [1.165, 1.54) is 12.1 Å². The Hall–Kier alpha value is -3.07. The van der Waals surface area contributed by atoms with E-state index in [1.54, 1.807) is 66.9 Å². The molecule has 0 bridgehead atoms. The fraction of sp³-hybridized carbons (Fsp3) is 0.0455. The summed E-state index contributed by atoms with van der Waals surface area (Å²) in [6.07, 6.45) is 1.58.